The Morgan fingerprint density at radius 1 is 1.05 bits per heavy atom. The minimum absolute atomic E-state index is 0.132. The van der Waals surface area contributed by atoms with Crippen molar-refractivity contribution in [2.24, 2.45) is 5.92 Å². The zero-order valence-corrected chi connectivity index (χ0v) is 13.4. The summed E-state index contributed by atoms with van der Waals surface area (Å²) in [6, 6.07) is 4.01. The van der Waals surface area contributed by atoms with Crippen molar-refractivity contribution >= 4 is 11.8 Å². The third-order valence-electron chi connectivity index (χ3n) is 2.89. The van der Waals surface area contributed by atoms with Gasteiger partial charge < -0.3 is 4.74 Å². The van der Waals surface area contributed by atoms with E-state index in [1.54, 1.807) is 0 Å². The standard InChI is InChI=1S/C16H24N2O3/c1-10(2)6-14(19)17-18-15(20)9-21-16-12(4)7-11(3)8-13(16)5/h7-8,10H,6,9H2,1-5H3,(H,17,19)(H,18,20). The van der Waals surface area contributed by atoms with Crippen molar-refractivity contribution < 1.29 is 14.3 Å². The Morgan fingerprint density at radius 2 is 1.57 bits per heavy atom. The van der Waals surface area contributed by atoms with Gasteiger partial charge in [0.2, 0.25) is 5.91 Å². The number of benzene rings is 1. The van der Waals surface area contributed by atoms with Crippen molar-refractivity contribution in [1.29, 1.82) is 0 Å². The highest BCUT2D eigenvalue weighted by atomic mass is 16.5. The molecule has 0 aliphatic rings. The zero-order valence-electron chi connectivity index (χ0n) is 13.4. The van der Waals surface area contributed by atoms with Gasteiger partial charge in [-0.2, -0.15) is 0 Å². The molecule has 2 N–H and O–H groups in total. The Hall–Kier alpha value is -2.04. The molecule has 21 heavy (non-hydrogen) atoms. The first kappa shape index (κ1) is 17.0. The number of hydrazine groups is 1. The van der Waals surface area contributed by atoms with Gasteiger partial charge in [0.25, 0.3) is 5.91 Å². The van der Waals surface area contributed by atoms with Gasteiger partial charge in [-0.1, -0.05) is 31.5 Å². The minimum Gasteiger partial charge on any atom is -0.483 e. The molecule has 1 aromatic rings. The van der Waals surface area contributed by atoms with Crippen LogP contribution in [0.25, 0.3) is 0 Å². The first-order valence-corrected chi connectivity index (χ1v) is 7.08. The van der Waals surface area contributed by atoms with Crippen molar-refractivity contribution in [1.82, 2.24) is 10.9 Å². The molecule has 1 aromatic carbocycles. The van der Waals surface area contributed by atoms with E-state index in [0.29, 0.717) is 12.2 Å². The molecule has 0 saturated carbocycles. The Balaban J connectivity index is 2.45. The maximum absolute atomic E-state index is 11.6. The highest BCUT2D eigenvalue weighted by Crippen LogP contribution is 2.24. The van der Waals surface area contributed by atoms with Crippen LogP contribution in [0.3, 0.4) is 0 Å². The summed E-state index contributed by atoms with van der Waals surface area (Å²) in [6.07, 6.45) is 0.372. The number of aryl methyl sites for hydroxylation is 3. The van der Waals surface area contributed by atoms with E-state index in [1.807, 2.05) is 46.8 Å². The molecule has 2 amide bonds. The van der Waals surface area contributed by atoms with Crippen LogP contribution in [0, 0.1) is 26.7 Å². The molecule has 5 heteroatoms. The van der Waals surface area contributed by atoms with Gasteiger partial charge >= 0.3 is 0 Å². The molecule has 0 aliphatic heterocycles. The highest BCUT2D eigenvalue weighted by molar-refractivity contribution is 5.82. The summed E-state index contributed by atoms with van der Waals surface area (Å²) >= 11 is 0. The van der Waals surface area contributed by atoms with E-state index in [-0.39, 0.29) is 24.3 Å². The molecule has 0 unspecified atom stereocenters. The van der Waals surface area contributed by atoms with Crippen LogP contribution in [-0.4, -0.2) is 18.4 Å². The van der Waals surface area contributed by atoms with Crippen LogP contribution in [0.15, 0.2) is 12.1 Å². The molecular weight excluding hydrogens is 268 g/mol. The van der Waals surface area contributed by atoms with Crippen molar-refractivity contribution in [3.05, 3.63) is 28.8 Å². The normalized spacial score (nSPS) is 10.4. The van der Waals surface area contributed by atoms with E-state index in [0.717, 1.165) is 16.7 Å². The van der Waals surface area contributed by atoms with Gasteiger partial charge in [-0.15, -0.1) is 0 Å². The van der Waals surface area contributed by atoms with Crippen LogP contribution < -0.4 is 15.6 Å². The first-order chi connectivity index (χ1) is 9.79. The van der Waals surface area contributed by atoms with Gasteiger partial charge in [-0.3, -0.25) is 20.4 Å². The Bertz CT molecular complexity index is 501. The zero-order chi connectivity index (χ0) is 16.0. The topological polar surface area (TPSA) is 67.4 Å². The van der Waals surface area contributed by atoms with Gasteiger partial charge in [0.15, 0.2) is 6.61 Å². The molecule has 0 fully saturated rings. The van der Waals surface area contributed by atoms with E-state index in [9.17, 15) is 9.59 Å². The Morgan fingerprint density at radius 3 is 2.10 bits per heavy atom. The lowest BCUT2D eigenvalue weighted by molar-refractivity contribution is -0.130. The number of hydrogen-bond donors (Lipinski definition) is 2. The van der Waals surface area contributed by atoms with E-state index < -0.39 is 0 Å². The molecule has 0 aromatic heterocycles. The number of hydrogen-bond acceptors (Lipinski definition) is 3. The molecule has 1 rings (SSSR count). The molecule has 0 radical (unpaired) electrons. The maximum Gasteiger partial charge on any atom is 0.276 e. The van der Waals surface area contributed by atoms with Crippen molar-refractivity contribution in [2.75, 3.05) is 6.61 Å². The van der Waals surface area contributed by atoms with Crippen molar-refractivity contribution in [3.63, 3.8) is 0 Å². The number of carbonyl (C=O) groups excluding carboxylic acids is 2. The van der Waals surface area contributed by atoms with Crippen LogP contribution in [0.1, 0.15) is 37.0 Å². The molecule has 0 bridgehead atoms. The quantitative estimate of drug-likeness (QED) is 0.817. The molecule has 0 heterocycles. The molecule has 116 valence electrons. The predicted octanol–water partition coefficient (Wildman–Crippen LogP) is 2.18. The second-order valence-electron chi connectivity index (χ2n) is 5.71. The summed E-state index contributed by atoms with van der Waals surface area (Å²) in [5, 5.41) is 0. The number of carbonyl (C=O) groups is 2. The number of rotatable bonds is 5. The number of ether oxygens (including phenoxy) is 1. The molecular formula is C16H24N2O3. The minimum atomic E-state index is -0.383. The van der Waals surface area contributed by atoms with Crippen LogP contribution in [0.5, 0.6) is 5.75 Å². The molecule has 5 nitrogen and oxygen atoms in total. The summed E-state index contributed by atoms with van der Waals surface area (Å²) < 4.78 is 5.53. The average Bonchev–Trinajstić information content (AvgIpc) is 2.34. The second-order valence-corrected chi connectivity index (χ2v) is 5.71. The Labute approximate surface area is 126 Å². The van der Waals surface area contributed by atoms with Crippen molar-refractivity contribution in [2.45, 2.75) is 41.0 Å². The van der Waals surface area contributed by atoms with Crippen LogP contribution in [0.4, 0.5) is 0 Å². The molecule has 0 aliphatic carbocycles. The number of amides is 2. The summed E-state index contributed by atoms with van der Waals surface area (Å²) in [6.45, 7) is 9.64. The summed E-state index contributed by atoms with van der Waals surface area (Å²) in [5.74, 6) is 0.368. The van der Waals surface area contributed by atoms with Gasteiger partial charge in [0.1, 0.15) is 5.75 Å². The van der Waals surface area contributed by atoms with Crippen molar-refractivity contribution in [3.8, 4) is 5.75 Å². The van der Waals surface area contributed by atoms with Gasteiger partial charge in [-0.05, 0) is 37.8 Å². The summed E-state index contributed by atoms with van der Waals surface area (Å²) in [7, 11) is 0. The van der Waals surface area contributed by atoms with E-state index >= 15 is 0 Å². The van der Waals surface area contributed by atoms with Crippen LogP contribution in [0.2, 0.25) is 0 Å². The molecule has 0 saturated heterocycles. The summed E-state index contributed by atoms with van der Waals surface area (Å²) in [4.78, 5) is 23.1. The first-order valence-electron chi connectivity index (χ1n) is 7.08. The van der Waals surface area contributed by atoms with Gasteiger partial charge in [0.05, 0.1) is 0 Å². The van der Waals surface area contributed by atoms with E-state index in [2.05, 4.69) is 10.9 Å². The van der Waals surface area contributed by atoms with Crippen LogP contribution >= 0.6 is 0 Å². The van der Waals surface area contributed by atoms with Gasteiger partial charge in [-0.25, -0.2) is 0 Å². The third kappa shape index (κ3) is 5.85. The smallest absolute Gasteiger partial charge is 0.276 e. The third-order valence-corrected chi connectivity index (χ3v) is 2.89. The SMILES string of the molecule is Cc1cc(C)c(OCC(=O)NNC(=O)CC(C)C)c(C)c1. The lowest BCUT2D eigenvalue weighted by Crippen LogP contribution is -2.44. The highest BCUT2D eigenvalue weighted by Gasteiger charge is 2.10. The summed E-state index contributed by atoms with van der Waals surface area (Å²) in [5.41, 5.74) is 7.85. The van der Waals surface area contributed by atoms with Gasteiger partial charge in [0, 0.05) is 6.42 Å². The molecule has 0 atom stereocenters. The molecule has 0 spiro atoms. The predicted molar refractivity (Wildman–Crippen MR) is 81.9 cm³/mol. The largest absolute Gasteiger partial charge is 0.483 e. The maximum atomic E-state index is 11.6. The average molecular weight is 292 g/mol. The fraction of sp³-hybridized carbons (Fsp3) is 0.500. The fourth-order valence-electron chi connectivity index (χ4n) is 2.13. The monoisotopic (exact) mass is 292 g/mol. The van der Waals surface area contributed by atoms with Crippen LogP contribution in [-0.2, 0) is 9.59 Å². The number of nitrogens with one attached hydrogen (secondary N) is 2. The lowest BCUT2D eigenvalue weighted by Gasteiger charge is -2.13. The fourth-order valence-corrected chi connectivity index (χ4v) is 2.13. The lowest BCUT2D eigenvalue weighted by atomic mass is 10.1. The van der Waals surface area contributed by atoms with E-state index in [4.69, 9.17) is 4.74 Å². The Kier molecular flexibility index (Phi) is 6.21. The van der Waals surface area contributed by atoms with E-state index in [1.165, 1.54) is 0 Å². The second kappa shape index (κ2) is 7.67.